The highest BCUT2D eigenvalue weighted by Crippen LogP contribution is 2.21. The number of aliphatic carboxylic acids is 1. The number of carboxylic acid groups (broad SMARTS) is 1. The van der Waals surface area contributed by atoms with Crippen LogP contribution in [0.1, 0.15) is 24.0 Å². The van der Waals surface area contributed by atoms with Gasteiger partial charge in [-0.15, -0.1) is 0 Å². The Balaban J connectivity index is 2.92. The normalized spacial score (nSPS) is 9.53. The summed E-state index contributed by atoms with van der Waals surface area (Å²) in [6, 6.07) is 5.78. The molecule has 0 fully saturated rings. The van der Waals surface area contributed by atoms with Crippen LogP contribution < -0.4 is 0 Å². The Bertz CT molecular complexity index is 416. The van der Waals surface area contributed by atoms with E-state index in [9.17, 15) is 13.6 Å². The fraction of sp³-hybridized carbons (Fsp3) is 0.182. The molecule has 78 valence electrons. The molecule has 1 aromatic rings. The summed E-state index contributed by atoms with van der Waals surface area (Å²) in [6.07, 6.45) is -2.95. The van der Waals surface area contributed by atoms with Crippen molar-refractivity contribution >= 4 is 5.97 Å². The molecule has 1 rings (SSSR count). The van der Waals surface area contributed by atoms with Crippen molar-refractivity contribution in [1.82, 2.24) is 0 Å². The van der Waals surface area contributed by atoms with E-state index in [2.05, 4.69) is 11.8 Å². The van der Waals surface area contributed by atoms with Crippen LogP contribution in [0.5, 0.6) is 0 Å². The minimum atomic E-state index is -2.60. The average Bonchev–Trinajstić information content (AvgIpc) is 2.17. The Morgan fingerprint density at radius 2 is 2.07 bits per heavy atom. The minimum Gasteiger partial charge on any atom is -0.481 e. The molecule has 0 aliphatic heterocycles. The minimum absolute atomic E-state index is 0.171. The molecule has 0 saturated heterocycles. The fourth-order valence-corrected chi connectivity index (χ4v) is 1.02. The van der Waals surface area contributed by atoms with Crippen molar-refractivity contribution in [3.05, 3.63) is 35.4 Å². The van der Waals surface area contributed by atoms with Crippen molar-refractivity contribution in [1.29, 1.82) is 0 Å². The van der Waals surface area contributed by atoms with Gasteiger partial charge < -0.3 is 5.11 Å². The molecule has 2 nitrogen and oxygen atoms in total. The van der Waals surface area contributed by atoms with Crippen LogP contribution in [-0.4, -0.2) is 11.1 Å². The molecule has 0 spiro atoms. The lowest BCUT2D eigenvalue weighted by Gasteiger charge is -2.01. The maximum absolute atomic E-state index is 12.4. The van der Waals surface area contributed by atoms with Crippen LogP contribution >= 0.6 is 0 Å². The van der Waals surface area contributed by atoms with E-state index in [0.717, 1.165) is 0 Å². The molecule has 0 bridgehead atoms. The second kappa shape index (κ2) is 5.11. The number of rotatable bonds is 2. The predicted molar refractivity (Wildman–Crippen MR) is 50.5 cm³/mol. The lowest BCUT2D eigenvalue weighted by atomic mass is 10.1. The first kappa shape index (κ1) is 11.2. The van der Waals surface area contributed by atoms with Crippen molar-refractivity contribution in [3.63, 3.8) is 0 Å². The van der Waals surface area contributed by atoms with Crippen LogP contribution in [0, 0.1) is 11.8 Å². The largest absolute Gasteiger partial charge is 0.481 e. The molecule has 1 N–H and O–H groups in total. The highest BCUT2D eigenvalue weighted by atomic mass is 19.3. The number of benzene rings is 1. The van der Waals surface area contributed by atoms with Gasteiger partial charge in [-0.05, 0) is 6.07 Å². The van der Waals surface area contributed by atoms with Crippen molar-refractivity contribution in [3.8, 4) is 11.8 Å². The molecule has 4 heteroatoms. The van der Waals surface area contributed by atoms with E-state index in [1.807, 2.05) is 0 Å². The lowest BCUT2D eigenvalue weighted by Crippen LogP contribution is -1.92. The van der Waals surface area contributed by atoms with Crippen molar-refractivity contribution in [2.75, 3.05) is 0 Å². The van der Waals surface area contributed by atoms with Crippen LogP contribution in [0.15, 0.2) is 24.3 Å². The smallest absolute Gasteiger partial charge is 0.315 e. The Labute approximate surface area is 85.5 Å². The van der Waals surface area contributed by atoms with E-state index >= 15 is 0 Å². The summed E-state index contributed by atoms with van der Waals surface area (Å²) in [6.45, 7) is 0. The first-order chi connectivity index (χ1) is 7.11. The standard InChI is InChI=1S/C11H8F2O2/c12-11(13)9-6-2-1-4-8(9)5-3-7-10(14)15/h1-2,4,6,11H,7H2,(H,14,15). The zero-order valence-electron chi connectivity index (χ0n) is 7.71. The Morgan fingerprint density at radius 1 is 1.40 bits per heavy atom. The van der Waals surface area contributed by atoms with Gasteiger partial charge in [0.2, 0.25) is 0 Å². The molecule has 0 heterocycles. The van der Waals surface area contributed by atoms with Crippen LogP contribution in [0.25, 0.3) is 0 Å². The van der Waals surface area contributed by atoms with Gasteiger partial charge in [0.15, 0.2) is 0 Å². The van der Waals surface area contributed by atoms with E-state index < -0.39 is 12.4 Å². The van der Waals surface area contributed by atoms with Gasteiger partial charge in [-0.25, -0.2) is 8.78 Å². The molecule has 0 aliphatic rings. The lowest BCUT2D eigenvalue weighted by molar-refractivity contribution is -0.135. The summed E-state index contributed by atoms with van der Waals surface area (Å²) in [5, 5.41) is 8.32. The third kappa shape index (κ3) is 3.39. The summed E-state index contributed by atoms with van der Waals surface area (Å²) in [7, 11) is 0. The molecular formula is C11H8F2O2. The average molecular weight is 210 g/mol. The summed E-state index contributed by atoms with van der Waals surface area (Å²) in [5.74, 6) is 3.66. The summed E-state index contributed by atoms with van der Waals surface area (Å²) < 4.78 is 24.9. The molecule has 0 saturated carbocycles. The highest BCUT2D eigenvalue weighted by Gasteiger charge is 2.09. The van der Waals surface area contributed by atoms with E-state index in [4.69, 9.17) is 5.11 Å². The maximum Gasteiger partial charge on any atom is 0.315 e. The molecule has 0 aliphatic carbocycles. The topological polar surface area (TPSA) is 37.3 Å². The first-order valence-corrected chi connectivity index (χ1v) is 4.19. The molecular weight excluding hydrogens is 202 g/mol. The Morgan fingerprint density at radius 3 is 2.67 bits per heavy atom. The van der Waals surface area contributed by atoms with Gasteiger partial charge in [0.05, 0.1) is 0 Å². The Hall–Kier alpha value is -1.89. The molecule has 1 aromatic carbocycles. The van der Waals surface area contributed by atoms with Gasteiger partial charge in [-0.1, -0.05) is 30.0 Å². The number of carbonyl (C=O) groups is 1. The zero-order chi connectivity index (χ0) is 11.3. The second-order valence-electron chi connectivity index (χ2n) is 2.76. The fourth-order valence-electron chi connectivity index (χ4n) is 1.02. The molecule has 15 heavy (non-hydrogen) atoms. The van der Waals surface area contributed by atoms with Crippen LogP contribution in [0.4, 0.5) is 8.78 Å². The maximum atomic E-state index is 12.4. The first-order valence-electron chi connectivity index (χ1n) is 4.19. The summed E-state index contributed by atoms with van der Waals surface area (Å²) >= 11 is 0. The molecule has 0 radical (unpaired) electrons. The summed E-state index contributed by atoms with van der Waals surface area (Å²) in [5.41, 5.74) is 0.00383. The van der Waals surface area contributed by atoms with Gasteiger partial charge in [-0.2, -0.15) is 0 Å². The van der Waals surface area contributed by atoms with Gasteiger partial charge >= 0.3 is 5.97 Å². The quantitative estimate of drug-likeness (QED) is 0.761. The van der Waals surface area contributed by atoms with Gasteiger partial charge in [-0.3, -0.25) is 4.79 Å². The molecule has 0 atom stereocenters. The monoisotopic (exact) mass is 210 g/mol. The number of halogens is 2. The highest BCUT2D eigenvalue weighted by molar-refractivity contribution is 5.70. The summed E-state index contributed by atoms with van der Waals surface area (Å²) in [4.78, 5) is 10.2. The number of hydrogen-bond donors (Lipinski definition) is 1. The molecule has 0 unspecified atom stereocenters. The number of alkyl halides is 2. The van der Waals surface area contributed by atoms with Crippen molar-refractivity contribution in [2.24, 2.45) is 0 Å². The van der Waals surface area contributed by atoms with E-state index in [0.29, 0.717) is 0 Å². The van der Waals surface area contributed by atoms with Crippen molar-refractivity contribution < 1.29 is 18.7 Å². The molecule has 0 aromatic heterocycles. The van der Waals surface area contributed by atoms with Crippen LogP contribution in [0.3, 0.4) is 0 Å². The predicted octanol–water partition coefficient (Wildman–Crippen LogP) is 2.45. The SMILES string of the molecule is O=C(O)CC#Cc1ccccc1C(F)F. The van der Waals surface area contributed by atoms with Crippen molar-refractivity contribution in [2.45, 2.75) is 12.8 Å². The van der Waals surface area contributed by atoms with E-state index in [1.54, 1.807) is 6.07 Å². The third-order valence-corrected chi connectivity index (χ3v) is 1.66. The van der Waals surface area contributed by atoms with Crippen LogP contribution in [0.2, 0.25) is 0 Å². The second-order valence-corrected chi connectivity index (χ2v) is 2.76. The van der Waals surface area contributed by atoms with Crippen LogP contribution in [-0.2, 0) is 4.79 Å². The Kier molecular flexibility index (Phi) is 3.81. The number of carboxylic acids is 1. The van der Waals surface area contributed by atoms with Gasteiger partial charge in [0, 0.05) is 11.1 Å². The van der Waals surface area contributed by atoms with Gasteiger partial charge in [0.25, 0.3) is 6.43 Å². The van der Waals surface area contributed by atoms with Gasteiger partial charge in [0.1, 0.15) is 6.42 Å². The van der Waals surface area contributed by atoms with E-state index in [-0.39, 0.29) is 17.5 Å². The number of hydrogen-bond acceptors (Lipinski definition) is 1. The third-order valence-electron chi connectivity index (χ3n) is 1.66. The van der Waals surface area contributed by atoms with E-state index in [1.165, 1.54) is 18.2 Å². The zero-order valence-corrected chi connectivity index (χ0v) is 7.71. The molecule has 0 amide bonds.